The van der Waals surface area contributed by atoms with E-state index in [9.17, 15) is 0 Å². The minimum absolute atomic E-state index is 0.484. The lowest BCUT2D eigenvalue weighted by Gasteiger charge is -2.39. The second-order valence-electron chi connectivity index (χ2n) is 7.63. The van der Waals surface area contributed by atoms with E-state index in [2.05, 4.69) is 61.7 Å². The van der Waals surface area contributed by atoms with Crippen LogP contribution in [0.15, 0.2) is 35.6 Å². The molecule has 164 valence electrons. The number of aromatic amines is 1. The van der Waals surface area contributed by atoms with Crippen molar-refractivity contribution in [1.29, 1.82) is 0 Å². The molecule has 0 saturated carbocycles. The van der Waals surface area contributed by atoms with Gasteiger partial charge in [0.25, 0.3) is 0 Å². The van der Waals surface area contributed by atoms with E-state index in [1.54, 1.807) is 0 Å². The molecular weight excluding hydrogens is 378 g/mol. The van der Waals surface area contributed by atoms with E-state index >= 15 is 0 Å². The molecular formula is C22H35N7O. The fourth-order valence-corrected chi connectivity index (χ4v) is 4.12. The van der Waals surface area contributed by atoms with E-state index in [-0.39, 0.29) is 0 Å². The molecule has 0 radical (unpaired) electrons. The molecule has 2 heterocycles. The lowest BCUT2D eigenvalue weighted by atomic mass is 9.92. The first-order valence-corrected chi connectivity index (χ1v) is 11.0. The Kier molecular flexibility index (Phi) is 8.65. The van der Waals surface area contributed by atoms with Crippen LogP contribution in [0.2, 0.25) is 0 Å². The monoisotopic (exact) mass is 413 g/mol. The highest BCUT2D eigenvalue weighted by Gasteiger charge is 2.27. The van der Waals surface area contributed by atoms with Gasteiger partial charge >= 0.3 is 0 Å². The third-order valence-electron chi connectivity index (χ3n) is 5.89. The summed E-state index contributed by atoms with van der Waals surface area (Å²) in [5.74, 6) is 2.26. The van der Waals surface area contributed by atoms with Crippen LogP contribution >= 0.6 is 0 Å². The molecule has 2 aromatic rings. The number of hydrogen-bond acceptors (Lipinski definition) is 5. The van der Waals surface area contributed by atoms with Gasteiger partial charge in [0.1, 0.15) is 6.33 Å². The van der Waals surface area contributed by atoms with Gasteiger partial charge < -0.3 is 15.4 Å². The predicted octanol–water partition coefficient (Wildman–Crippen LogP) is 2.27. The van der Waals surface area contributed by atoms with Crippen molar-refractivity contribution in [3.05, 3.63) is 36.2 Å². The van der Waals surface area contributed by atoms with Crippen molar-refractivity contribution < 1.29 is 4.74 Å². The highest BCUT2D eigenvalue weighted by atomic mass is 16.5. The van der Waals surface area contributed by atoms with Crippen molar-refractivity contribution in [2.45, 2.75) is 39.3 Å². The molecule has 1 aliphatic rings. The Morgan fingerprint density at radius 3 is 2.70 bits per heavy atom. The Bertz CT molecular complexity index is 768. The van der Waals surface area contributed by atoms with Gasteiger partial charge in [-0.05, 0) is 17.5 Å². The molecule has 0 aliphatic carbocycles. The quantitative estimate of drug-likeness (QED) is 0.432. The van der Waals surface area contributed by atoms with Crippen LogP contribution in [0.25, 0.3) is 11.4 Å². The van der Waals surface area contributed by atoms with Gasteiger partial charge in [-0.1, -0.05) is 44.9 Å². The number of H-pyrrole nitrogens is 1. The SMILES string of the molecule is CCC(CC)C(CNC(=NC)NCc1cccc(-c2ncn[nH]2)c1)N1CCOCC1. The van der Waals surface area contributed by atoms with Gasteiger partial charge in [-0.2, -0.15) is 5.10 Å². The van der Waals surface area contributed by atoms with Crippen LogP contribution in [0.1, 0.15) is 32.3 Å². The van der Waals surface area contributed by atoms with Crippen LogP contribution in [-0.4, -0.2) is 72.0 Å². The zero-order valence-corrected chi connectivity index (χ0v) is 18.4. The summed E-state index contributed by atoms with van der Waals surface area (Å²) in [4.78, 5) is 11.2. The standard InChI is InChI=1S/C22H35N7O/c1-4-18(5-2)20(29-9-11-30-12-10-29)15-25-22(23-3)24-14-17-7-6-8-19(13-17)21-26-16-27-28-21/h6-8,13,16,18,20H,4-5,9-12,14-15H2,1-3H3,(H2,23,24,25)(H,26,27,28). The minimum atomic E-state index is 0.484. The van der Waals surface area contributed by atoms with Crippen LogP contribution in [-0.2, 0) is 11.3 Å². The second-order valence-corrected chi connectivity index (χ2v) is 7.63. The Morgan fingerprint density at radius 2 is 2.03 bits per heavy atom. The Labute approximate surface area is 179 Å². The summed E-state index contributed by atoms with van der Waals surface area (Å²) in [5, 5.41) is 13.8. The summed E-state index contributed by atoms with van der Waals surface area (Å²) >= 11 is 0. The smallest absolute Gasteiger partial charge is 0.191 e. The molecule has 3 N–H and O–H groups in total. The number of nitrogens with zero attached hydrogens (tertiary/aromatic N) is 4. The van der Waals surface area contributed by atoms with Crippen LogP contribution in [0.3, 0.4) is 0 Å². The molecule has 3 rings (SSSR count). The highest BCUT2D eigenvalue weighted by Crippen LogP contribution is 2.19. The first-order chi connectivity index (χ1) is 14.7. The number of aromatic nitrogens is 3. The maximum atomic E-state index is 5.56. The first-order valence-electron chi connectivity index (χ1n) is 11.0. The zero-order valence-electron chi connectivity index (χ0n) is 18.4. The van der Waals surface area contributed by atoms with Crippen LogP contribution in [0.4, 0.5) is 0 Å². The molecule has 1 unspecified atom stereocenters. The van der Waals surface area contributed by atoms with Gasteiger partial charge in [0.2, 0.25) is 0 Å². The predicted molar refractivity (Wildman–Crippen MR) is 120 cm³/mol. The number of nitrogens with one attached hydrogen (secondary N) is 3. The highest BCUT2D eigenvalue weighted by molar-refractivity contribution is 5.79. The van der Waals surface area contributed by atoms with E-state index in [0.717, 1.165) is 55.8 Å². The van der Waals surface area contributed by atoms with Crippen LogP contribution in [0.5, 0.6) is 0 Å². The fourth-order valence-electron chi connectivity index (χ4n) is 4.12. The van der Waals surface area contributed by atoms with Gasteiger partial charge in [-0.15, -0.1) is 0 Å². The summed E-state index contributed by atoms with van der Waals surface area (Å²) in [7, 11) is 1.82. The van der Waals surface area contributed by atoms with Crippen LogP contribution < -0.4 is 10.6 Å². The molecule has 8 nitrogen and oxygen atoms in total. The van der Waals surface area contributed by atoms with Gasteiger partial charge in [0.05, 0.1) is 13.2 Å². The Hall–Kier alpha value is -2.45. The summed E-state index contributed by atoms with van der Waals surface area (Å²) in [5.41, 5.74) is 2.19. The number of morpholine rings is 1. The minimum Gasteiger partial charge on any atom is -0.379 e. The number of guanidine groups is 1. The molecule has 0 spiro atoms. The van der Waals surface area contributed by atoms with Crippen LogP contribution in [0, 0.1) is 5.92 Å². The van der Waals surface area contributed by atoms with Crippen molar-refractivity contribution in [2.24, 2.45) is 10.9 Å². The second kappa shape index (κ2) is 11.7. The molecule has 1 aromatic heterocycles. The van der Waals surface area contributed by atoms with Gasteiger partial charge in [-0.3, -0.25) is 15.0 Å². The average Bonchev–Trinajstić information content (AvgIpc) is 3.34. The van der Waals surface area contributed by atoms with Gasteiger partial charge in [-0.25, -0.2) is 4.98 Å². The molecule has 1 atom stereocenters. The third-order valence-corrected chi connectivity index (χ3v) is 5.89. The van der Waals surface area contributed by atoms with Crippen molar-refractivity contribution >= 4 is 5.96 Å². The van der Waals surface area contributed by atoms with Gasteiger partial charge in [0, 0.05) is 44.8 Å². The Balaban J connectivity index is 1.57. The number of benzene rings is 1. The van der Waals surface area contributed by atoms with E-state index < -0.39 is 0 Å². The molecule has 1 saturated heterocycles. The molecule has 0 amide bonds. The van der Waals surface area contributed by atoms with Crippen molar-refractivity contribution in [3.63, 3.8) is 0 Å². The molecule has 1 aliphatic heterocycles. The Morgan fingerprint density at radius 1 is 1.23 bits per heavy atom. The summed E-state index contributed by atoms with van der Waals surface area (Å²) < 4.78 is 5.56. The third kappa shape index (κ3) is 6.03. The maximum absolute atomic E-state index is 5.56. The van der Waals surface area contributed by atoms with E-state index in [1.165, 1.54) is 19.2 Å². The van der Waals surface area contributed by atoms with E-state index in [4.69, 9.17) is 4.74 Å². The van der Waals surface area contributed by atoms with Crippen molar-refractivity contribution in [3.8, 4) is 11.4 Å². The van der Waals surface area contributed by atoms with Gasteiger partial charge in [0.15, 0.2) is 11.8 Å². The van der Waals surface area contributed by atoms with E-state index in [0.29, 0.717) is 18.5 Å². The molecule has 30 heavy (non-hydrogen) atoms. The first kappa shape index (κ1) is 22.2. The van der Waals surface area contributed by atoms with E-state index in [1.807, 2.05) is 19.2 Å². The number of hydrogen-bond donors (Lipinski definition) is 3. The molecule has 1 aromatic carbocycles. The number of rotatable bonds is 9. The lowest BCUT2D eigenvalue weighted by molar-refractivity contribution is 0.00272. The lowest BCUT2D eigenvalue weighted by Crippen LogP contribution is -2.53. The molecule has 1 fully saturated rings. The maximum Gasteiger partial charge on any atom is 0.191 e. The fraction of sp³-hybridized carbons (Fsp3) is 0.591. The largest absolute Gasteiger partial charge is 0.379 e. The molecule has 8 heteroatoms. The molecule has 0 bridgehead atoms. The topological polar surface area (TPSA) is 90.5 Å². The summed E-state index contributed by atoms with van der Waals surface area (Å²) in [6.45, 7) is 9.80. The number of aliphatic imine (C=N–C) groups is 1. The van der Waals surface area contributed by atoms with Crippen molar-refractivity contribution in [2.75, 3.05) is 39.9 Å². The van der Waals surface area contributed by atoms with Crippen molar-refractivity contribution in [1.82, 2.24) is 30.7 Å². The average molecular weight is 414 g/mol. The summed E-state index contributed by atoms with van der Waals surface area (Å²) in [6, 6.07) is 8.76. The normalized spacial score (nSPS) is 16.6. The summed E-state index contributed by atoms with van der Waals surface area (Å²) in [6.07, 6.45) is 3.89. The zero-order chi connectivity index (χ0) is 21.2. The number of ether oxygens (including phenoxy) is 1.